The number of nitrogens with zero attached hydrogens (tertiary/aromatic N) is 3. The lowest BCUT2D eigenvalue weighted by Gasteiger charge is -2.21. The molecule has 0 amide bonds. The van der Waals surface area contributed by atoms with Crippen LogP contribution in [0.3, 0.4) is 0 Å². The third-order valence-electron chi connectivity index (χ3n) is 11.7. The number of hydrogen-bond donors (Lipinski definition) is 0. The van der Waals surface area contributed by atoms with Gasteiger partial charge in [0.05, 0.1) is 50.6 Å². The molecule has 0 atom stereocenters. The second kappa shape index (κ2) is 13.5. The van der Waals surface area contributed by atoms with Crippen molar-refractivity contribution in [1.29, 1.82) is 5.26 Å². The molecule has 0 aliphatic heterocycles. The van der Waals surface area contributed by atoms with Crippen molar-refractivity contribution in [3.8, 4) is 39.7 Å². The third kappa shape index (κ3) is 6.46. The maximum atomic E-state index is 14.2. The summed E-state index contributed by atoms with van der Waals surface area (Å²) in [7, 11) is 0. The molecule has 0 radical (unpaired) electrons. The van der Waals surface area contributed by atoms with Gasteiger partial charge in [0.2, 0.25) is 0 Å². The molecule has 0 bridgehead atoms. The fourth-order valence-electron chi connectivity index (χ4n) is 8.65. The van der Waals surface area contributed by atoms with Crippen LogP contribution in [0.1, 0.15) is 69.4 Å². The highest BCUT2D eigenvalue weighted by molar-refractivity contribution is 6.12. The first-order valence-electron chi connectivity index (χ1n) is 20.0. The summed E-state index contributed by atoms with van der Waals surface area (Å²) in [6.45, 7) is 15.0. The third-order valence-corrected chi connectivity index (χ3v) is 11.7. The molecular weight excluding hydrogens is 736 g/mol. The Bertz CT molecular complexity index is 3190. The molecule has 9 aromatic rings. The fraction of sp³-hybridized carbons (Fsp3) is 0.189. The summed E-state index contributed by atoms with van der Waals surface area (Å²) in [5.41, 5.74) is 11.2. The Morgan fingerprint density at radius 1 is 0.458 bits per heavy atom. The van der Waals surface area contributed by atoms with Gasteiger partial charge in [-0.1, -0.05) is 114 Å². The van der Waals surface area contributed by atoms with Crippen LogP contribution >= 0.6 is 0 Å². The predicted octanol–water partition coefficient (Wildman–Crippen LogP) is 15.0. The SMILES string of the molecule is Cc1cc(-c2ccc(-c3ccc(C#N)cc3-n3c4ccccc4c4cc(C(C)(C)C)ccc43)c(-n3c4ccccc4c4cc(C(C)(C)C)ccc43)c2)cc(C(F)(F)F)c1. The molecule has 0 aliphatic rings. The van der Waals surface area contributed by atoms with Gasteiger partial charge < -0.3 is 9.13 Å². The zero-order valence-corrected chi connectivity index (χ0v) is 34.3. The van der Waals surface area contributed by atoms with E-state index in [1.54, 1.807) is 6.92 Å². The first-order chi connectivity index (χ1) is 28.0. The van der Waals surface area contributed by atoms with Gasteiger partial charge in [0.25, 0.3) is 0 Å². The van der Waals surface area contributed by atoms with Crippen LogP contribution in [0.4, 0.5) is 13.2 Å². The van der Waals surface area contributed by atoms with Crippen molar-refractivity contribution in [2.45, 2.75) is 65.5 Å². The second-order valence-electron chi connectivity index (χ2n) is 17.8. The average molecular weight is 780 g/mol. The molecule has 6 heteroatoms. The van der Waals surface area contributed by atoms with Crippen molar-refractivity contribution in [2.24, 2.45) is 0 Å². The van der Waals surface area contributed by atoms with Crippen LogP contribution < -0.4 is 0 Å². The molecule has 0 fully saturated rings. The van der Waals surface area contributed by atoms with Crippen LogP contribution in [0.5, 0.6) is 0 Å². The maximum Gasteiger partial charge on any atom is 0.416 e. The number of hydrogen-bond acceptors (Lipinski definition) is 1. The van der Waals surface area contributed by atoms with Gasteiger partial charge in [-0.3, -0.25) is 0 Å². The minimum Gasteiger partial charge on any atom is -0.309 e. The number of nitriles is 1. The number of aromatic nitrogens is 2. The van der Waals surface area contributed by atoms with Gasteiger partial charge in [-0.2, -0.15) is 18.4 Å². The summed E-state index contributed by atoms with van der Waals surface area (Å²) in [6.07, 6.45) is -4.49. The van der Waals surface area contributed by atoms with Crippen LogP contribution in [0, 0.1) is 18.3 Å². The smallest absolute Gasteiger partial charge is 0.309 e. The van der Waals surface area contributed by atoms with Crippen LogP contribution in [-0.4, -0.2) is 9.13 Å². The lowest BCUT2D eigenvalue weighted by atomic mass is 9.86. The van der Waals surface area contributed by atoms with Crippen LogP contribution in [-0.2, 0) is 17.0 Å². The van der Waals surface area contributed by atoms with E-state index in [4.69, 9.17) is 0 Å². The number of halogens is 3. The van der Waals surface area contributed by atoms with Crippen molar-refractivity contribution in [3.63, 3.8) is 0 Å². The molecule has 2 aromatic heterocycles. The standard InChI is InChI=1S/C53H44F3N3/c1-32-24-35(27-38(25-32)53(54,55)56)34-17-21-42(50(28-34)59-46-15-11-9-13-40(46)44-30-37(52(5,6)7)19-23-48(44)59)41-20-16-33(31-57)26-49(41)58-45-14-10-8-12-39(45)43-29-36(51(2,3)4)18-22-47(43)58/h8-30H,1-7H3. The van der Waals surface area contributed by atoms with Gasteiger partial charge in [0.15, 0.2) is 0 Å². The normalized spacial score (nSPS) is 12.6. The van der Waals surface area contributed by atoms with Crippen LogP contribution in [0.25, 0.3) is 77.2 Å². The maximum absolute atomic E-state index is 14.2. The number of fused-ring (bicyclic) bond motifs is 6. The number of alkyl halides is 3. The highest BCUT2D eigenvalue weighted by atomic mass is 19.4. The van der Waals surface area contributed by atoms with E-state index < -0.39 is 11.7 Å². The Hall–Kier alpha value is -6.58. The number of para-hydroxylation sites is 2. The number of rotatable bonds is 4. The zero-order valence-electron chi connectivity index (χ0n) is 34.3. The molecule has 0 saturated carbocycles. The van der Waals surface area contributed by atoms with E-state index in [0.717, 1.165) is 66.1 Å². The van der Waals surface area contributed by atoms with Gasteiger partial charge in [0, 0.05) is 32.7 Å². The Morgan fingerprint density at radius 2 is 0.949 bits per heavy atom. The second-order valence-corrected chi connectivity index (χ2v) is 17.8. The van der Waals surface area contributed by atoms with Crippen molar-refractivity contribution in [1.82, 2.24) is 9.13 Å². The van der Waals surface area contributed by atoms with Gasteiger partial charge in [0.1, 0.15) is 0 Å². The van der Waals surface area contributed by atoms with E-state index in [9.17, 15) is 18.4 Å². The Balaban J connectivity index is 1.40. The minimum atomic E-state index is -4.49. The lowest BCUT2D eigenvalue weighted by Crippen LogP contribution is -2.10. The van der Waals surface area contributed by atoms with E-state index in [-0.39, 0.29) is 10.8 Å². The van der Waals surface area contributed by atoms with Crippen LogP contribution in [0.2, 0.25) is 0 Å². The van der Waals surface area contributed by atoms with Crippen molar-refractivity contribution in [3.05, 3.63) is 167 Å². The van der Waals surface area contributed by atoms with E-state index >= 15 is 0 Å². The van der Waals surface area contributed by atoms with Gasteiger partial charge >= 0.3 is 6.18 Å². The Kier molecular flexibility index (Phi) is 8.68. The summed E-state index contributed by atoms with van der Waals surface area (Å²) in [5.74, 6) is 0. The summed E-state index contributed by atoms with van der Waals surface area (Å²) in [4.78, 5) is 0. The number of aryl methyl sites for hydroxylation is 1. The fourth-order valence-corrected chi connectivity index (χ4v) is 8.65. The van der Waals surface area contributed by atoms with E-state index in [2.05, 4.69) is 123 Å². The first kappa shape index (κ1) is 38.0. The van der Waals surface area contributed by atoms with Crippen molar-refractivity contribution >= 4 is 43.6 Å². The number of benzene rings is 7. The predicted molar refractivity (Wildman–Crippen MR) is 238 cm³/mol. The van der Waals surface area contributed by atoms with E-state index in [1.165, 1.54) is 23.3 Å². The molecule has 59 heavy (non-hydrogen) atoms. The summed E-state index contributed by atoms with van der Waals surface area (Å²) >= 11 is 0. The molecule has 292 valence electrons. The molecule has 0 aliphatic carbocycles. The summed E-state index contributed by atoms with van der Waals surface area (Å²) in [5, 5.41) is 14.7. The van der Waals surface area contributed by atoms with Gasteiger partial charge in [-0.15, -0.1) is 0 Å². The summed E-state index contributed by atoms with van der Waals surface area (Å²) < 4.78 is 47.2. The van der Waals surface area contributed by atoms with Gasteiger partial charge in [-0.05, 0) is 112 Å². The van der Waals surface area contributed by atoms with Gasteiger partial charge in [-0.25, -0.2) is 0 Å². The molecule has 7 aromatic carbocycles. The molecule has 2 heterocycles. The zero-order chi connectivity index (χ0) is 41.6. The Labute approximate surface area is 342 Å². The summed E-state index contributed by atoms with van der Waals surface area (Å²) in [6, 6.07) is 48.4. The molecular formula is C53H44F3N3. The topological polar surface area (TPSA) is 33.6 Å². The minimum absolute atomic E-state index is 0.0615. The molecule has 0 unspecified atom stereocenters. The quantitative estimate of drug-likeness (QED) is 0.175. The average Bonchev–Trinajstić information content (AvgIpc) is 3.71. The van der Waals surface area contributed by atoms with E-state index in [1.807, 2.05) is 60.7 Å². The molecule has 0 N–H and O–H groups in total. The highest BCUT2D eigenvalue weighted by Crippen LogP contribution is 2.44. The van der Waals surface area contributed by atoms with Crippen molar-refractivity contribution in [2.75, 3.05) is 0 Å². The molecule has 0 saturated heterocycles. The van der Waals surface area contributed by atoms with Crippen molar-refractivity contribution < 1.29 is 13.2 Å². The molecule has 9 rings (SSSR count). The van der Waals surface area contributed by atoms with Crippen LogP contribution in [0.15, 0.2) is 140 Å². The lowest BCUT2D eigenvalue weighted by molar-refractivity contribution is -0.137. The molecule has 3 nitrogen and oxygen atoms in total. The molecule has 0 spiro atoms. The highest BCUT2D eigenvalue weighted by Gasteiger charge is 2.31. The monoisotopic (exact) mass is 779 g/mol. The largest absolute Gasteiger partial charge is 0.416 e. The van der Waals surface area contributed by atoms with E-state index in [0.29, 0.717) is 22.3 Å². The Morgan fingerprint density at radius 3 is 1.46 bits per heavy atom. The first-order valence-corrected chi connectivity index (χ1v) is 20.0.